The molecular weight excluding hydrogens is 248 g/mol. The minimum atomic E-state index is -0.134. The van der Waals surface area contributed by atoms with Crippen LogP contribution in [0.15, 0.2) is 18.2 Å². The van der Waals surface area contributed by atoms with Crippen LogP contribution in [0.2, 0.25) is 5.02 Å². The van der Waals surface area contributed by atoms with Gasteiger partial charge in [0.15, 0.2) is 0 Å². The lowest BCUT2D eigenvalue weighted by atomic mass is 9.87. The topological polar surface area (TPSA) is 32.3 Å². The number of nitrogens with zero attached hydrogens (tertiary/aromatic N) is 1. The molecule has 0 aromatic heterocycles. The number of halogens is 1. The number of carbonyl (C=O) groups excluding carboxylic acids is 1. The highest BCUT2D eigenvalue weighted by atomic mass is 35.5. The van der Waals surface area contributed by atoms with Crippen LogP contribution in [-0.4, -0.2) is 19.5 Å². The number of anilines is 1. The Morgan fingerprint density at radius 3 is 2.83 bits per heavy atom. The molecule has 3 nitrogen and oxygen atoms in total. The standard InChI is InChI=1S/C14H19ClN2O/c1-10(18)17-8-4-7-14(2,16-3)12-9-11(15)5-6-13(12)17/h5-6,9,16H,4,7-8H2,1-3H3. The average Bonchev–Trinajstić information content (AvgIpc) is 2.48. The fraction of sp³-hybridized carbons (Fsp3) is 0.500. The van der Waals surface area contributed by atoms with Crippen LogP contribution in [0.25, 0.3) is 0 Å². The van der Waals surface area contributed by atoms with E-state index in [9.17, 15) is 4.79 Å². The normalized spacial score (nSPS) is 23.4. The van der Waals surface area contributed by atoms with Crippen molar-refractivity contribution < 1.29 is 4.79 Å². The van der Waals surface area contributed by atoms with E-state index < -0.39 is 0 Å². The fourth-order valence-corrected chi connectivity index (χ4v) is 2.79. The predicted octanol–water partition coefficient (Wildman–Crippen LogP) is 2.92. The molecule has 0 saturated heterocycles. The maximum atomic E-state index is 11.8. The van der Waals surface area contributed by atoms with Crippen molar-refractivity contribution in [2.24, 2.45) is 0 Å². The number of hydrogen-bond donors (Lipinski definition) is 1. The second kappa shape index (κ2) is 4.90. The first-order valence-electron chi connectivity index (χ1n) is 6.25. The molecule has 4 heteroatoms. The van der Waals surface area contributed by atoms with Crippen LogP contribution in [0, 0.1) is 0 Å². The zero-order valence-electron chi connectivity index (χ0n) is 11.1. The maximum Gasteiger partial charge on any atom is 0.223 e. The van der Waals surface area contributed by atoms with Crippen molar-refractivity contribution in [2.45, 2.75) is 32.2 Å². The Labute approximate surface area is 113 Å². The number of benzene rings is 1. The van der Waals surface area contributed by atoms with Crippen molar-refractivity contribution in [1.82, 2.24) is 5.32 Å². The van der Waals surface area contributed by atoms with Crippen LogP contribution in [0.3, 0.4) is 0 Å². The molecule has 1 N–H and O–H groups in total. The van der Waals surface area contributed by atoms with Crippen molar-refractivity contribution in [3.8, 4) is 0 Å². The zero-order chi connectivity index (χ0) is 13.3. The minimum Gasteiger partial charge on any atom is -0.312 e. The summed E-state index contributed by atoms with van der Waals surface area (Å²) in [6, 6.07) is 5.76. The van der Waals surface area contributed by atoms with Crippen molar-refractivity contribution in [2.75, 3.05) is 18.5 Å². The van der Waals surface area contributed by atoms with Gasteiger partial charge in [0.2, 0.25) is 5.91 Å². The van der Waals surface area contributed by atoms with Crippen molar-refractivity contribution in [3.05, 3.63) is 28.8 Å². The van der Waals surface area contributed by atoms with E-state index >= 15 is 0 Å². The molecule has 18 heavy (non-hydrogen) atoms. The highest BCUT2D eigenvalue weighted by Crippen LogP contribution is 2.38. The van der Waals surface area contributed by atoms with E-state index in [0.29, 0.717) is 5.02 Å². The molecular formula is C14H19ClN2O. The summed E-state index contributed by atoms with van der Waals surface area (Å²) in [4.78, 5) is 13.6. The van der Waals surface area contributed by atoms with Gasteiger partial charge in [-0.2, -0.15) is 0 Å². The zero-order valence-corrected chi connectivity index (χ0v) is 11.8. The molecule has 1 unspecified atom stereocenters. The lowest BCUT2D eigenvalue weighted by molar-refractivity contribution is -0.116. The molecule has 0 radical (unpaired) electrons. The Balaban J connectivity index is 2.60. The van der Waals surface area contributed by atoms with E-state index in [1.165, 1.54) is 0 Å². The van der Waals surface area contributed by atoms with Gasteiger partial charge >= 0.3 is 0 Å². The molecule has 0 aliphatic carbocycles. The second-order valence-corrected chi connectivity index (χ2v) is 5.45. The molecule has 1 aromatic carbocycles. The van der Waals surface area contributed by atoms with Gasteiger partial charge in [0.25, 0.3) is 0 Å². The minimum absolute atomic E-state index is 0.0823. The first-order valence-corrected chi connectivity index (χ1v) is 6.63. The van der Waals surface area contributed by atoms with Crippen molar-refractivity contribution >= 4 is 23.2 Å². The Bertz CT molecular complexity index is 475. The highest BCUT2D eigenvalue weighted by molar-refractivity contribution is 6.30. The van der Waals surface area contributed by atoms with E-state index in [-0.39, 0.29) is 11.4 Å². The molecule has 0 spiro atoms. The Morgan fingerprint density at radius 1 is 1.50 bits per heavy atom. The summed E-state index contributed by atoms with van der Waals surface area (Å²) in [5, 5.41) is 4.08. The van der Waals surface area contributed by atoms with E-state index in [1.54, 1.807) is 6.92 Å². The molecule has 1 amide bonds. The lowest BCUT2D eigenvalue weighted by Gasteiger charge is -2.31. The summed E-state index contributed by atoms with van der Waals surface area (Å²) in [6.45, 7) is 4.54. The SMILES string of the molecule is CNC1(C)CCCN(C(C)=O)c2ccc(Cl)cc21. The molecule has 1 aliphatic rings. The summed E-state index contributed by atoms with van der Waals surface area (Å²) >= 11 is 6.11. The quantitative estimate of drug-likeness (QED) is 0.848. The molecule has 0 bridgehead atoms. The number of amides is 1. The second-order valence-electron chi connectivity index (χ2n) is 5.02. The van der Waals surface area contributed by atoms with Crippen molar-refractivity contribution in [3.63, 3.8) is 0 Å². The van der Waals surface area contributed by atoms with Crippen LogP contribution < -0.4 is 10.2 Å². The van der Waals surface area contributed by atoms with Crippen LogP contribution in [0.4, 0.5) is 5.69 Å². The molecule has 1 aliphatic heterocycles. The third-order valence-electron chi connectivity index (χ3n) is 3.83. The smallest absolute Gasteiger partial charge is 0.223 e. The molecule has 0 fully saturated rings. The van der Waals surface area contributed by atoms with Crippen LogP contribution in [0.5, 0.6) is 0 Å². The Hall–Kier alpha value is -1.06. The highest BCUT2D eigenvalue weighted by Gasteiger charge is 2.32. The molecule has 1 aromatic rings. The van der Waals surface area contributed by atoms with Gasteiger partial charge in [-0.1, -0.05) is 11.6 Å². The van der Waals surface area contributed by atoms with E-state index in [1.807, 2.05) is 30.1 Å². The number of nitrogens with one attached hydrogen (secondary N) is 1. The molecule has 1 atom stereocenters. The summed E-state index contributed by atoms with van der Waals surface area (Å²) in [7, 11) is 1.95. The Morgan fingerprint density at radius 2 is 2.22 bits per heavy atom. The Kier molecular flexibility index (Phi) is 3.64. The number of rotatable bonds is 1. The predicted molar refractivity (Wildman–Crippen MR) is 75.1 cm³/mol. The van der Waals surface area contributed by atoms with Crippen LogP contribution in [0.1, 0.15) is 32.3 Å². The number of hydrogen-bond acceptors (Lipinski definition) is 2. The van der Waals surface area contributed by atoms with Gasteiger partial charge in [-0.15, -0.1) is 0 Å². The number of carbonyl (C=O) groups is 1. The van der Waals surface area contributed by atoms with Gasteiger partial charge in [0.1, 0.15) is 0 Å². The monoisotopic (exact) mass is 266 g/mol. The molecule has 2 rings (SSSR count). The van der Waals surface area contributed by atoms with E-state index in [2.05, 4.69) is 12.2 Å². The van der Waals surface area contributed by atoms with Gasteiger partial charge < -0.3 is 10.2 Å². The summed E-state index contributed by atoms with van der Waals surface area (Å²) in [5.74, 6) is 0.0823. The maximum absolute atomic E-state index is 11.8. The van der Waals surface area contributed by atoms with Gasteiger partial charge in [-0.3, -0.25) is 4.79 Å². The van der Waals surface area contributed by atoms with Gasteiger partial charge in [-0.25, -0.2) is 0 Å². The third kappa shape index (κ3) is 2.25. The van der Waals surface area contributed by atoms with Crippen LogP contribution in [-0.2, 0) is 10.3 Å². The van der Waals surface area contributed by atoms with Crippen LogP contribution >= 0.6 is 11.6 Å². The number of fused-ring (bicyclic) bond motifs is 1. The van der Waals surface area contributed by atoms with Gasteiger partial charge in [0, 0.05) is 29.7 Å². The van der Waals surface area contributed by atoms with E-state index in [0.717, 1.165) is 30.6 Å². The summed E-state index contributed by atoms with van der Waals surface area (Å²) in [5.41, 5.74) is 1.94. The van der Waals surface area contributed by atoms with Gasteiger partial charge in [-0.05, 0) is 50.6 Å². The first-order chi connectivity index (χ1) is 8.48. The third-order valence-corrected chi connectivity index (χ3v) is 4.07. The van der Waals surface area contributed by atoms with Crippen molar-refractivity contribution in [1.29, 1.82) is 0 Å². The fourth-order valence-electron chi connectivity index (χ4n) is 2.62. The summed E-state index contributed by atoms with van der Waals surface area (Å²) in [6.07, 6.45) is 1.96. The largest absolute Gasteiger partial charge is 0.312 e. The lowest BCUT2D eigenvalue weighted by Crippen LogP contribution is -2.36. The molecule has 1 heterocycles. The first kappa shape index (κ1) is 13.4. The molecule has 0 saturated carbocycles. The summed E-state index contributed by atoms with van der Waals surface area (Å²) < 4.78 is 0. The average molecular weight is 267 g/mol. The van der Waals surface area contributed by atoms with Gasteiger partial charge in [0.05, 0.1) is 0 Å². The molecule has 98 valence electrons. The van der Waals surface area contributed by atoms with E-state index in [4.69, 9.17) is 11.6 Å².